The van der Waals surface area contributed by atoms with E-state index in [9.17, 15) is 8.42 Å². The Morgan fingerprint density at radius 1 is 1.16 bits per heavy atom. The van der Waals surface area contributed by atoms with E-state index in [-0.39, 0.29) is 42.4 Å². The van der Waals surface area contributed by atoms with Crippen molar-refractivity contribution in [1.29, 1.82) is 0 Å². The first-order valence-electron chi connectivity index (χ1n) is 11.1. The van der Waals surface area contributed by atoms with Gasteiger partial charge < -0.3 is 19.7 Å². The van der Waals surface area contributed by atoms with Gasteiger partial charge in [-0.25, -0.2) is 8.42 Å². The highest BCUT2D eigenvalue weighted by Crippen LogP contribution is 2.11. The van der Waals surface area contributed by atoms with E-state index in [0.717, 1.165) is 38.6 Å². The van der Waals surface area contributed by atoms with Crippen LogP contribution < -0.4 is 5.32 Å². The SMILES string of the molecule is CN=C(NCCCN1CC(C)OC(C)C1)N1CCN(S(=O)(=O)CCOC(C)C)CC1.I. The summed E-state index contributed by atoms with van der Waals surface area (Å²) in [7, 11) is -1.49. The largest absolute Gasteiger partial charge is 0.378 e. The Labute approximate surface area is 206 Å². The summed E-state index contributed by atoms with van der Waals surface area (Å²) in [5.74, 6) is 0.885. The molecule has 0 saturated carbocycles. The van der Waals surface area contributed by atoms with Crippen LogP contribution in [0.25, 0.3) is 0 Å². The maximum absolute atomic E-state index is 12.5. The van der Waals surface area contributed by atoms with Crippen molar-refractivity contribution in [2.24, 2.45) is 4.99 Å². The predicted molar refractivity (Wildman–Crippen MR) is 136 cm³/mol. The molecule has 2 fully saturated rings. The van der Waals surface area contributed by atoms with Gasteiger partial charge in [-0.3, -0.25) is 9.89 Å². The highest BCUT2D eigenvalue weighted by atomic mass is 127. The van der Waals surface area contributed by atoms with Crippen LogP contribution in [-0.4, -0.2) is 119 Å². The van der Waals surface area contributed by atoms with E-state index in [2.05, 4.69) is 34.0 Å². The monoisotopic (exact) mass is 575 g/mol. The smallest absolute Gasteiger partial charge is 0.216 e. The zero-order valence-electron chi connectivity index (χ0n) is 19.7. The average molecular weight is 576 g/mol. The van der Waals surface area contributed by atoms with Crippen LogP contribution in [0.3, 0.4) is 0 Å². The average Bonchev–Trinajstić information content (AvgIpc) is 2.67. The quantitative estimate of drug-likeness (QED) is 0.191. The van der Waals surface area contributed by atoms with Crippen LogP contribution in [0.5, 0.6) is 0 Å². The van der Waals surface area contributed by atoms with Gasteiger partial charge in [-0.1, -0.05) is 0 Å². The molecule has 0 amide bonds. The topological polar surface area (TPSA) is 86.7 Å². The molecule has 0 aromatic carbocycles. The minimum Gasteiger partial charge on any atom is -0.378 e. The van der Waals surface area contributed by atoms with E-state index in [1.165, 1.54) is 0 Å². The molecule has 2 atom stereocenters. The third-order valence-electron chi connectivity index (χ3n) is 5.37. The summed E-state index contributed by atoms with van der Waals surface area (Å²) >= 11 is 0. The maximum atomic E-state index is 12.5. The molecule has 2 saturated heterocycles. The van der Waals surface area contributed by atoms with Gasteiger partial charge in [0.25, 0.3) is 0 Å². The molecule has 0 bridgehead atoms. The molecule has 0 aromatic heterocycles. The van der Waals surface area contributed by atoms with E-state index in [1.807, 2.05) is 13.8 Å². The number of hydrogen-bond donors (Lipinski definition) is 1. The standard InChI is InChI=1S/C20H41N5O4S.HI/c1-17(2)28-13-14-30(26,27)25-11-9-24(10-12-25)20(21-5)22-7-6-8-23-15-18(3)29-19(4)16-23;/h17-19H,6-16H2,1-5H3,(H,21,22);1H. The highest BCUT2D eigenvalue weighted by molar-refractivity contribution is 14.0. The molecule has 2 aliphatic rings. The first-order chi connectivity index (χ1) is 14.2. The second-order valence-electron chi connectivity index (χ2n) is 8.47. The molecule has 31 heavy (non-hydrogen) atoms. The van der Waals surface area contributed by atoms with Crippen molar-refractivity contribution in [3.05, 3.63) is 0 Å². The lowest BCUT2D eigenvalue weighted by Gasteiger charge is -2.36. The van der Waals surface area contributed by atoms with Gasteiger partial charge in [0.05, 0.1) is 30.7 Å². The second-order valence-corrected chi connectivity index (χ2v) is 10.6. The van der Waals surface area contributed by atoms with E-state index in [0.29, 0.717) is 38.4 Å². The molecular weight excluding hydrogens is 533 g/mol. The Morgan fingerprint density at radius 2 is 1.77 bits per heavy atom. The lowest BCUT2D eigenvalue weighted by molar-refractivity contribution is -0.0679. The minimum absolute atomic E-state index is 0. The number of nitrogens with one attached hydrogen (secondary N) is 1. The summed E-state index contributed by atoms with van der Waals surface area (Å²) in [6, 6.07) is 0. The third-order valence-corrected chi connectivity index (χ3v) is 7.20. The van der Waals surface area contributed by atoms with Crippen molar-refractivity contribution in [3.63, 3.8) is 0 Å². The van der Waals surface area contributed by atoms with Crippen LogP contribution in [0.4, 0.5) is 0 Å². The Kier molecular flexibility index (Phi) is 13.1. The van der Waals surface area contributed by atoms with Crippen molar-refractivity contribution < 1.29 is 17.9 Å². The van der Waals surface area contributed by atoms with Gasteiger partial charge in [-0.2, -0.15) is 4.31 Å². The molecular formula is C20H42IN5O4S. The first-order valence-corrected chi connectivity index (χ1v) is 12.7. The van der Waals surface area contributed by atoms with Crippen molar-refractivity contribution in [1.82, 2.24) is 19.4 Å². The fraction of sp³-hybridized carbons (Fsp3) is 0.950. The fourth-order valence-corrected chi connectivity index (χ4v) is 5.28. The Bertz CT molecular complexity index is 631. The Balaban J connectivity index is 0.00000480. The number of ether oxygens (including phenoxy) is 2. The fourth-order valence-electron chi connectivity index (χ4n) is 4.00. The normalized spacial score (nSPS) is 24.3. The summed E-state index contributed by atoms with van der Waals surface area (Å²) in [4.78, 5) is 8.97. The van der Waals surface area contributed by atoms with E-state index in [4.69, 9.17) is 9.47 Å². The van der Waals surface area contributed by atoms with Crippen molar-refractivity contribution in [3.8, 4) is 0 Å². The van der Waals surface area contributed by atoms with Crippen LogP contribution in [0, 0.1) is 0 Å². The van der Waals surface area contributed by atoms with Gasteiger partial charge in [0, 0.05) is 59.4 Å². The van der Waals surface area contributed by atoms with Crippen LogP contribution in [-0.2, 0) is 19.5 Å². The number of aliphatic imine (C=N–C) groups is 1. The van der Waals surface area contributed by atoms with Crippen molar-refractivity contribution in [2.75, 3.05) is 71.8 Å². The highest BCUT2D eigenvalue weighted by Gasteiger charge is 2.28. The number of piperazine rings is 1. The predicted octanol–water partition coefficient (Wildman–Crippen LogP) is 1.05. The third kappa shape index (κ3) is 10.1. The summed E-state index contributed by atoms with van der Waals surface area (Å²) in [6.45, 7) is 14.4. The number of sulfonamides is 1. The molecule has 2 unspecified atom stereocenters. The van der Waals surface area contributed by atoms with Crippen molar-refractivity contribution in [2.45, 2.75) is 52.4 Å². The number of guanidine groups is 1. The van der Waals surface area contributed by atoms with Gasteiger partial charge in [-0.15, -0.1) is 24.0 Å². The van der Waals surface area contributed by atoms with Crippen LogP contribution in [0.2, 0.25) is 0 Å². The molecule has 0 aliphatic carbocycles. The second kappa shape index (κ2) is 14.1. The zero-order valence-corrected chi connectivity index (χ0v) is 22.9. The van der Waals surface area contributed by atoms with Crippen LogP contribution >= 0.6 is 24.0 Å². The minimum atomic E-state index is -3.27. The van der Waals surface area contributed by atoms with Crippen LogP contribution in [0.1, 0.15) is 34.1 Å². The van der Waals surface area contributed by atoms with E-state index < -0.39 is 10.0 Å². The van der Waals surface area contributed by atoms with E-state index >= 15 is 0 Å². The molecule has 184 valence electrons. The lowest BCUT2D eigenvalue weighted by Crippen LogP contribution is -2.54. The first kappa shape index (κ1) is 28.8. The molecule has 1 N–H and O–H groups in total. The zero-order chi connectivity index (χ0) is 22.1. The molecule has 0 aromatic rings. The Morgan fingerprint density at radius 3 is 2.32 bits per heavy atom. The molecule has 11 heteroatoms. The molecule has 2 rings (SSSR count). The number of halogens is 1. The van der Waals surface area contributed by atoms with Gasteiger partial charge in [-0.05, 0) is 34.1 Å². The van der Waals surface area contributed by atoms with Gasteiger partial charge in [0.2, 0.25) is 10.0 Å². The summed E-state index contributed by atoms with van der Waals surface area (Å²) in [5.41, 5.74) is 0. The van der Waals surface area contributed by atoms with Gasteiger partial charge in [0.15, 0.2) is 5.96 Å². The summed E-state index contributed by atoms with van der Waals surface area (Å²) in [6.07, 6.45) is 1.65. The number of rotatable bonds is 9. The van der Waals surface area contributed by atoms with Crippen LogP contribution in [0.15, 0.2) is 4.99 Å². The number of morpholine rings is 1. The van der Waals surface area contributed by atoms with Gasteiger partial charge >= 0.3 is 0 Å². The molecule has 9 nitrogen and oxygen atoms in total. The summed E-state index contributed by atoms with van der Waals surface area (Å²) in [5, 5.41) is 3.43. The van der Waals surface area contributed by atoms with E-state index in [1.54, 1.807) is 11.4 Å². The lowest BCUT2D eigenvalue weighted by atomic mass is 10.2. The molecule has 0 radical (unpaired) electrons. The van der Waals surface area contributed by atoms with Gasteiger partial charge in [0.1, 0.15) is 0 Å². The molecule has 2 heterocycles. The number of nitrogens with zero attached hydrogens (tertiary/aromatic N) is 4. The Hall–Kier alpha value is -0.210. The molecule has 2 aliphatic heterocycles. The maximum Gasteiger partial charge on any atom is 0.216 e. The van der Waals surface area contributed by atoms with Crippen molar-refractivity contribution >= 4 is 40.0 Å². The number of hydrogen-bond acceptors (Lipinski definition) is 6. The summed E-state index contributed by atoms with van der Waals surface area (Å²) < 4.78 is 37.7. The molecule has 0 spiro atoms.